The Hall–Kier alpha value is -3.49. The van der Waals surface area contributed by atoms with E-state index in [4.69, 9.17) is 5.11 Å². The number of hydrogen-bond donors (Lipinski definition) is 2. The fraction of sp³-hybridized carbons (Fsp3) is 0.235. The molecule has 26 heavy (non-hydrogen) atoms. The number of carbonyl (C=O) groups is 2. The van der Waals surface area contributed by atoms with Gasteiger partial charge in [-0.05, 0) is 19.4 Å². The molecule has 2 N–H and O–H groups in total. The van der Waals surface area contributed by atoms with Crippen molar-refractivity contribution in [3.8, 4) is 0 Å². The van der Waals surface area contributed by atoms with Crippen molar-refractivity contribution < 1.29 is 14.7 Å². The molecule has 0 fully saturated rings. The molecule has 0 saturated heterocycles. The first-order chi connectivity index (χ1) is 12.4. The van der Waals surface area contributed by atoms with Crippen molar-refractivity contribution in [2.24, 2.45) is 0 Å². The fourth-order valence-corrected chi connectivity index (χ4v) is 2.42. The van der Waals surface area contributed by atoms with Gasteiger partial charge in [0.05, 0.1) is 18.3 Å². The average molecular weight is 354 g/mol. The molecule has 1 atom stereocenters. The SMILES string of the molecule is Cc1cccc(Cn2cnc(NC(=O)C(C)n3cc(C(=O)O)cn3)n2)c1. The second-order valence-electron chi connectivity index (χ2n) is 5.93. The van der Waals surface area contributed by atoms with E-state index in [9.17, 15) is 9.59 Å². The summed E-state index contributed by atoms with van der Waals surface area (Å²) in [5, 5.41) is 19.7. The lowest BCUT2D eigenvalue weighted by atomic mass is 10.1. The number of aromatic nitrogens is 5. The Bertz CT molecular complexity index is 945. The Morgan fingerprint density at radius 2 is 2.15 bits per heavy atom. The number of anilines is 1. The summed E-state index contributed by atoms with van der Waals surface area (Å²) in [6.07, 6.45) is 4.04. The van der Waals surface area contributed by atoms with Crippen LogP contribution in [-0.4, -0.2) is 41.5 Å². The number of hydrogen-bond acceptors (Lipinski definition) is 5. The van der Waals surface area contributed by atoms with Crippen LogP contribution in [0.2, 0.25) is 0 Å². The number of aromatic carboxylic acids is 1. The van der Waals surface area contributed by atoms with Crippen LogP contribution in [-0.2, 0) is 11.3 Å². The zero-order valence-corrected chi connectivity index (χ0v) is 14.3. The molecule has 9 heteroatoms. The molecule has 1 amide bonds. The molecule has 0 radical (unpaired) electrons. The maximum atomic E-state index is 12.3. The summed E-state index contributed by atoms with van der Waals surface area (Å²) >= 11 is 0. The predicted octanol–water partition coefficient (Wildman–Crippen LogP) is 1.73. The van der Waals surface area contributed by atoms with Gasteiger partial charge in [-0.15, -0.1) is 5.10 Å². The monoisotopic (exact) mass is 354 g/mol. The first-order valence-electron chi connectivity index (χ1n) is 7.95. The van der Waals surface area contributed by atoms with E-state index in [1.54, 1.807) is 17.9 Å². The molecule has 0 spiro atoms. The molecule has 9 nitrogen and oxygen atoms in total. The molecule has 3 rings (SSSR count). The molecule has 1 unspecified atom stereocenters. The Labute approximate surface area is 149 Å². The maximum Gasteiger partial charge on any atom is 0.338 e. The standard InChI is InChI=1S/C17H18N6O3/c1-11-4-3-5-13(6-11)8-22-10-18-17(21-22)20-15(24)12(2)23-9-14(7-19-23)16(25)26/h3-7,9-10,12H,8H2,1-2H3,(H,25,26)(H,20,21,24). The maximum absolute atomic E-state index is 12.3. The lowest BCUT2D eigenvalue weighted by Gasteiger charge is -2.10. The second-order valence-corrected chi connectivity index (χ2v) is 5.93. The van der Waals surface area contributed by atoms with Crippen LogP contribution < -0.4 is 5.32 Å². The van der Waals surface area contributed by atoms with Crippen LogP contribution in [0, 0.1) is 6.92 Å². The van der Waals surface area contributed by atoms with Gasteiger partial charge in [0, 0.05) is 6.20 Å². The summed E-state index contributed by atoms with van der Waals surface area (Å²) in [5.74, 6) is -1.31. The Balaban J connectivity index is 1.64. The van der Waals surface area contributed by atoms with Crippen LogP contribution in [0.1, 0.15) is 34.5 Å². The van der Waals surface area contributed by atoms with E-state index in [-0.39, 0.29) is 11.5 Å². The van der Waals surface area contributed by atoms with Gasteiger partial charge in [0.2, 0.25) is 5.95 Å². The first-order valence-corrected chi connectivity index (χ1v) is 7.95. The van der Waals surface area contributed by atoms with Crippen LogP contribution in [0.5, 0.6) is 0 Å². The number of aryl methyl sites for hydroxylation is 1. The fourth-order valence-electron chi connectivity index (χ4n) is 2.42. The van der Waals surface area contributed by atoms with Crippen LogP contribution in [0.25, 0.3) is 0 Å². The second kappa shape index (κ2) is 7.18. The van der Waals surface area contributed by atoms with E-state index in [0.717, 1.165) is 11.1 Å². The summed E-state index contributed by atoms with van der Waals surface area (Å²) in [6, 6.07) is 7.34. The summed E-state index contributed by atoms with van der Waals surface area (Å²) < 4.78 is 2.91. The number of carbonyl (C=O) groups excluding carboxylic acids is 1. The zero-order chi connectivity index (χ0) is 18.7. The highest BCUT2D eigenvalue weighted by molar-refractivity contribution is 5.92. The minimum atomic E-state index is -1.10. The molecule has 0 aliphatic rings. The molecule has 0 bridgehead atoms. The van der Waals surface area contributed by atoms with Crippen LogP contribution in [0.4, 0.5) is 5.95 Å². The van der Waals surface area contributed by atoms with Crippen molar-refractivity contribution in [1.82, 2.24) is 24.5 Å². The molecule has 0 aliphatic heterocycles. The lowest BCUT2D eigenvalue weighted by Crippen LogP contribution is -2.24. The summed E-state index contributed by atoms with van der Waals surface area (Å²) in [7, 11) is 0. The van der Waals surface area contributed by atoms with Gasteiger partial charge in [-0.1, -0.05) is 29.8 Å². The first kappa shape index (κ1) is 17.3. The number of nitrogens with one attached hydrogen (secondary N) is 1. The normalized spacial score (nSPS) is 11.9. The summed E-state index contributed by atoms with van der Waals surface area (Å²) in [5.41, 5.74) is 2.26. The molecule has 134 valence electrons. The minimum absolute atomic E-state index is 0.0187. The van der Waals surface area contributed by atoms with Gasteiger partial charge in [-0.3, -0.25) is 14.8 Å². The van der Waals surface area contributed by atoms with Crippen LogP contribution >= 0.6 is 0 Å². The zero-order valence-electron chi connectivity index (χ0n) is 14.3. The highest BCUT2D eigenvalue weighted by Crippen LogP contribution is 2.10. The highest BCUT2D eigenvalue weighted by atomic mass is 16.4. The smallest absolute Gasteiger partial charge is 0.338 e. The third kappa shape index (κ3) is 3.94. The van der Waals surface area contributed by atoms with E-state index in [0.29, 0.717) is 6.54 Å². The van der Waals surface area contributed by atoms with Gasteiger partial charge < -0.3 is 5.11 Å². The van der Waals surface area contributed by atoms with Crippen LogP contribution in [0.15, 0.2) is 43.0 Å². The number of carboxylic acids is 1. The van der Waals surface area contributed by atoms with Crippen molar-refractivity contribution in [3.63, 3.8) is 0 Å². The van der Waals surface area contributed by atoms with Gasteiger partial charge in [-0.25, -0.2) is 14.5 Å². The molecular formula is C17H18N6O3. The topological polar surface area (TPSA) is 115 Å². The minimum Gasteiger partial charge on any atom is -0.478 e. The molecule has 3 aromatic rings. The Kier molecular flexibility index (Phi) is 4.78. The van der Waals surface area contributed by atoms with E-state index >= 15 is 0 Å². The van der Waals surface area contributed by atoms with E-state index in [2.05, 4.69) is 26.6 Å². The van der Waals surface area contributed by atoms with Crippen molar-refractivity contribution >= 4 is 17.8 Å². The van der Waals surface area contributed by atoms with Gasteiger partial charge >= 0.3 is 5.97 Å². The summed E-state index contributed by atoms with van der Waals surface area (Å²) in [6.45, 7) is 4.17. The predicted molar refractivity (Wildman–Crippen MR) is 92.8 cm³/mol. The van der Waals surface area contributed by atoms with Crippen molar-refractivity contribution in [1.29, 1.82) is 0 Å². The third-order valence-electron chi connectivity index (χ3n) is 3.82. The van der Waals surface area contributed by atoms with Gasteiger partial charge in [0.1, 0.15) is 12.4 Å². The Morgan fingerprint density at radius 3 is 2.85 bits per heavy atom. The molecule has 1 aromatic carbocycles. The quantitative estimate of drug-likeness (QED) is 0.696. The van der Waals surface area contributed by atoms with Gasteiger partial charge in [0.15, 0.2) is 0 Å². The van der Waals surface area contributed by atoms with E-state index < -0.39 is 17.9 Å². The molecule has 2 heterocycles. The average Bonchev–Trinajstić information content (AvgIpc) is 3.24. The van der Waals surface area contributed by atoms with E-state index in [1.165, 1.54) is 17.1 Å². The summed E-state index contributed by atoms with van der Waals surface area (Å²) in [4.78, 5) is 27.3. The Morgan fingerprint density at radius 1 is 1.35 bits per heavy atom. The van der Waals surface area contributed by atoms with Crippen molar-refractivity contribution in [2.45, 2.75) is 26.4 Å². The van der Waals surface area contributed by atoms with Gasteiger partial charge in [-0.2, -0.15) is 5.10 Å². The number of nitrogens with zero attached hydrogens (tertiary/aromatic N) is 5. The number of benzene rings is 1. The number of amides is 1. The van der Waals surface area contributed by atoms with Crippen molar-refractivity contribution in [3.05, 3.63) is 59.7 Å². The molecule has 0 saturated carbocycles. The van der Waals surface area contributed by atoms with Gasteiger partial charge in [0.25, 0.3) is 5.91 Å². The molecular weight excluding hydrogens is 336 g/mol. The highest BCUT2D eigenvalue weighted by Gasteiger charge is 2.19. The molecule has 2 aromatic heterocycles. The van der Waals surface area contributed by atoms with E-state index in [1.807, 2.05) is 25.1 Å². The lowest BCUT2D eigenvalue weighted by molar-refractivity contribution is -0.119. The number of rotatable bonds is 6. The third-order valence-corrected chi connectivity index (χ3v) is 3.82. The largest absolute Gasteiger partial charge is 0.478 e. The van der Waals surface area contributed by atoms with Crippen molar-refractivity contribution in [2.75, 3.05) is 5.32 Å². The molecule has 0 aliphatic carbocycles. The number of carboxylic acid groups (broad SMARTS) is 1. The van der Waals surface area contributed by atoms with Crippen LogP contribution in [0.3, 0.4) is 0 Å².